The molecule has 5 heterocycles. The van der Waals surface area contributed by atoms with Crippen LogP contribution < -0.4 is 25.9 Å². The van der Waals surface area contributed by atoms with Gasteiger partial charge in [0.2, 0.25) is 12.8 Å². The molecule has 3 heteroatoms. The predicted molar refractivity (Wildman–Crippen MR) is 186 cm³/mol. The number of hydrogen-bond acceptors (Lipinski definition) is 1. The van der Waals surface area contributed by atoms with E-state index in [2.05, 4.69) is 165 Å². The average molecular weight is 578 g/mol. The number of hydrogen-bond donors (Lipinski definition) is 0. The molecule has 0 N–H and O–H groups in total. The van der Waals surface area contributed by atoms with Crippen LogP contribution in [0.25, 0.3) is 11.1 Å². The highest BCUT2D eigenvalue weighted by atomic mass is 15.2. The molecule has 2 nitrogen and oxygen atoms in total. The standard InChI is InChI=1S/C42H34BN2/c1-41(2)29-16-8-9-21-34(29)45-35-25-27(26-14-6-5-7-15-26)24-28-38(35)43(33-20-13-18-31(41)40(33)45)32-19-12-17-30-37(32)39(28)44-23-11-10-22-36(44)42(30,3)4/h5-25,39H,1-4H3/q+1. The lowest BCUT2D eigenvalue weighted by Crippen LogP contribution is -2.67. The van der Waals surface area contributed by atoms with Gasteiger partial charge in [-0.15, -0.1) is 0 Å². The van der Waals surface area contributed by atoms with Crippen molar-refractivity contribution in [3.63, 3.8) is 0 Å². The summed E-state index contributed by atoms with van der Waals surface area (Å²) in [4.78, 5) is 2.62. The van der Waals surface area contributed by atoms with Gasteiger partial charge in [0.05, 0.1) is 11.1 Å². The molecule has 214 valence electrons. The number of benzene rings is 5. The van der Waals surface area contributed by atoms with Gasteiger partial charge in [-0.1, -0.05) is 110 Å². The molecule has 1 unspecified atom stereocenters. The Kier molecular flexibility index (Phi) is 4.76. The van der Waals surface area contributed by atoms with Gasteiger partial charge in [-0.05, 0) is 70.8 Å². The minimum absolute atomic E-state index is 0.107. The minimum Gasteiger partial charge on any atom is -0.311 e. The highest BCUT2D eigenvalue weighted by Crippen LogP contribution is 2.54. The number of fused-ring (bicyclic) bond motifs is 8. The average Bonchev–Trinajstić information content (AvgIpc) is 3.07. The second-order valence-corrected chi connectivity index (χ2v) is 14.3. The molecule has 1 aromatic heterocycles. The fourth-order valence-electron chi connectivity index (χ4n) is 9.40. The predicted octanol–water partition coefficient (Wildman–Crippen LogP) is 7.17. The van der Waals surface area contributed by atoms with Crippen molar-refractivity contribution in [3.8, 4) is 11.1 Å². The van der Waals surface area contributed by atoms with Gasteiger partial charge in [0, 0.05) is 40.0 Å². The van der Waals surface area contributed by atoms with Crippen LogP contribution in [-0.2, 0) is 10.8 Å². The summed E-state index contributed by atoms with van der Waals surface area (Å²) < 4.78 is 2.58. The third-order valence-corrected chi connectivity index (χ3v) is 11.4. The van der Waals surface area contributed by atoms with E-state index < -0.39 is 0 Å². The third-order valence-electron chi connectivity index (χ3n) is 11.4. The molecule has 0 amide bonds. The normalized spacial score (nSPS) is 18.3. The van der Waals surface area contributed by atoms with Crippen LogP contribution in [0.3, 0.4) is 0 Å². The molecule has 45 heavy (non-hydrogen) atoms. The molecule has 4 aliphatic heterocycles. The first-order valence-electron chi connectivity index (χ1n) is 16.3. The smallest absolute Gasteiger partial charge is 0.248 e. The van der Waals surface area contributed by atoms with Crippen LogP contribution in [0.4, 0.5) is 17.1 Å². The second-order valence-electron chi connectivity index (χ2n) is 14.3. The Hall–Kier alpha value is -4.89. The van der Waals surface area contributed by atoms with Crippen LogP contribution in [0.2, 0.25) is 0 Å². The summed E-state index contributed by atoms with van der Waals surface area (Å²) in [5.74, 6) is 0. The van der Waals surface area contributed by atoms with Gasteiger partial charge in [0.15, 0.2) is 11.9 Å². The van der Waals surface area contributed by atoms with Crippen LogP contribution in [0.5, 0.6) is 0 Å². The van der Waals surface area contributed by atoms with E-state index in [1.807, 2.05) is 0 Å². The Labute approximate surface area is 265 Å². The number of pyridine rings is 1. The maximum atomic E-state index is 2.62. The van der Waals surface area contributed by atoms with Crippen molar-refractivity contribution in [3.05, 3.63) is 161 Å². The highest BCUT2D eigenvalue weighted by Gasteiger charge is 2.54. The van der Waals surface area contributed by atoms with E-state index >= 15 is 0 Å². The summed E-state index contributed by atoms with van der Waals surface area (Å²) in [6.45, 7) is 9.77. The first kappa shape index (κ1) is 25.4. The van der Waals surface area contributed by atoms with Crippen LogP contribution in [0.15, 0.2) is 128 Å². The molecule has 10 rings (SSSR count). The monoisotopic (exact) mass is 577 g/mol. The summed E-state index contributed by atoms with van der Waals surface area (Å²) in [7, 11) is 0. The molecule has 5 aromatic carbocycles. The molecular formula is C42H34BN2+. The molecular weight excluding hydrogens is 543 g/mol. The van der Waals surface area contributed by atoms with Gasteiger partial charge in [0.25, 0.3) is 0 Å². The Morgan fingerprint density at radius 1 is 0.600 bits per heavy atom. The van der Waals surface area contributed by atoms with Crippen molar-refractivity contribution in [1.82, 2.24) is 0 Å². The zero-order chi connectivity index (χ0) is 30.2. The van der Waals surface area contributed by atoms with Crippen molar-refractivity contribution in [2.45, 2.75) is 44.6 Å². The quantitative estimate of drug-likeness (QED) is 0.148. The van der Waals surface area contributed by atoms with Crippen LogP contribution in [0.1, 0.15) is 67.2 Å². The van der Waals surface area contributed by atoms with E-state index in [0.717, 1.165) is 0 Å². The van der Waals surface area contributed by atoms with Gasteiger partial charge in [-0.2, -0.15) is 4.57 Å². The molecule has 0 radical (unpaired) electrons. The summed E-state index contributed by atoms with van der Waals surface area (Å²) >= 11 is 0. The Morgan fingerprint density at radius 2 is 1.31 bits per heavy atom. The maximum absolute atomic E-state index is 2.62. The first-order chi connectivity index (χ1) is 21.9. The molecule has 0 fully saturated rings. The number of rotatable bonds is 1. The lowest BCUT2D eigenvalue weighted by Gasteiger charge is -2.49. The summed E-state index contributed by atoms with van der Waals surface area (Å²) in [5.41, 5.74) is 19.1. The first-order valence-corrected chi connectivity index (χ1v) is 16.3. The lowest BCUT2D eigenvalue weighted by molar-refractivity contribution is -0.717. The number of nitrogens with zero attached hydrogens (tertiary/aromatic N) is 2. The molecule has 0 bridgehead atoms. The molecule has 4 aliphatic rings. The lowest BCUT2D eigenvalue weighted by atomic mass is 9.30. The van der Waals surface area contributed by atoms with Gasteiger partial charge >= 0.3 is 0 Å². The summed E-state index contributed by atoms with van der Waals surface area (Å²) in [6, 6.07) is 46.1. The number of anilines is 3. The van der Waals surface area contributed by atoms with Crippen molar-refractivity contribution >= 4 is 40.2 Å². The maximum Gasteiger partial charge on any atom is 0.248 e. The van der Waals surface area contributed by atoms with Gasteiger partial charge in [-0.3, -0.25) is 0 Å². The molecule has 0 saturated carbocycles. The second kappa shape index (κ2) is 8.43. The Bertz CT molecular complexity index is 2110. The summed E-state index contributed by atoms with van der Waals surface area (Å²) in [6.07, 6.45) is 2.32. The molecule has 6 aromatic rings. The third kappa shape index (κ3) is 3.04. The molecule has 1 atom stereocenters. The minimum atomic E-state index is -0.113. The van der Waals surface area contributed by atoms with Crippen molar-refractivity contribution in [1.29, 1.82) is 0 Å². The molecule has 0 saturated heterocycles. The summed E-state index contributed by atoms with van der Waals surface area (Å²) in [5, 5.41) is 0. The number of aromatic nitrogens is 1. The van der Waals surface area contributed by atoms with E-state index in [1.54, 1.807) is 0 Å². The zero-order valence-electron chi connectivity index (χ0n) is 26.2. The topological polar surface area (TPSA) is 7.12 Å². The van der Waals surface area contributed by atoms with Crippen molar-refractivity contribution in [2.75, 3.05) is 4.90 Å². The number of para-hydroxylation sites is 2. The van der Waals surface area contributed by atoms with Crippen LogP contribution in [-0.4, -0.2) is 6.71 Å². The zero-order valence-corrected chi connectivity index (χ0v) is 26.2. The van der Waals surface area contributed by atoms with Crippen molar-refractivity contribution < 1.29 is 4.57 Å². The van der Waals surface area contributed by atoms with Crippen LogP contribution >= 0.6 is 0 Å². The Morgan fingerprint density at radius 3 is 2.16 bits per heavy atom. The fraction of sp³-hybridized carbons (Fsp3) is 0.167. The van der Waals surface area contributed by atoms with E-state index in [0.29, 0.717) is 0 Å². The van der Waals surface area contributed by atoms with E-state index in [-0.39, 0.29) is 23.6 Å². The van der Waals surface area contributed by atoms with E-state index in [9.17, 15) is 0 Å². The van der Waals surface area contributed by atoms with Crippen LogP contribution in [0, 0.1) is 0 Å². The molecule has 0 aliphatic carbocycles. The molecule has 0 spiro atoms. The largest absolute Gasteiger partial charge is 0.311 e. The van der Waals surface area contributed by atoms with E-state index in [1.165, 1.54) is 78.1 Å². The SMILES string of the molecule is CC1(C)c2ccccc2N2c3cc(-c4ccccc4)cc4c3B(c3cccc5c3C4[n+]3ccccc3C5(C)C)c3cccc1c32. The van der Waals surface area contributed by atoms with Gasteiger partial charge in [0.1, 0.15) is 0 Å². The van der Waals surface area contributed by atoms with Gasteiger partial charge < -0.3 is 4.90 Å². The van der Waals surface area contributed by atoms with Crippen molar-refractivity contribution in [2.24, 2.45) is 0 Å². The Balaban J connectivity index is 1.40. The van der Waals surface area contributed by atoms with Gasteiger partial charge in [-0.25, -0.2) is 0 Å². The highest BCUT2D eigenvalue weighted by molar-refractivity contribution is 6.99. The fourth-order valence-corrected chi connectivity index (χ4v) is 9.40. The van der Waals surface area contributed by atoms with E-state index in [4.69, 9.17) is 0 Å².